The predicted octanol–water partition coefficient (Wildman–Crippen LogP) is 1.17. The molecule has 7 nitrogen and oxygen atoms in total. The summed E-state index contributed by atoms with van der Waals surface area (Å²) in [5.74, 6) is 0.707. The summed E-state index contributed by atoms with van der Waals surface area (Å²) in [5.41, 5.74) is 0. The molecule has 0 radical (unpaired) electrons. The molecule has 1 fully saturated rings. The van der Waals surface area contributed by atoms with Gasteiger partial charge in [-0.25, -0.2) is 8.42 Å². The Hall–Kier alpha value is -1.82. The molecule has 0 saturated carbocycles. The van der Waals surface area contributed by atoms with Crippen molar-refractivity contribution in [2.45, 2.75) is 11.8 Å². The van der Waals surface area contributed by atoms with Gasteiger partial charge in [0.15, 0.2) is 0 Å². The van der Waals surface area contributed by atoms with Crippen molar-refractivity contribution in [2.24, 2.45) is 5.92 Å². The highest BCUT2D eigenvalue weighted by Crippen LogP contribution is 2.31. The lowest BCUT2D eigenvalue weighted by atomic mass is 10.2. The lowest BCUT2D eigenvalue weighted by Crippen LogP contribution is -2.49. The van der Waals surface area contributed by atoms with Crippen molar-refractivity contribution in [3.63, 3.8) is 0 Å². The minimum absolute atomic E-state index is 0.0633. The van der Waals surface area contributed by atoms with Gasteiger partial charge < -0.3 is 9.47 Å². The number of hydrogen-bond donors (Lipinski definition) is 0. The Bertz CT molecular complexity index is 707. The van der Waals surface area contributed by atoms with Gasteiger partial charge in [-0.2, -0.15) is 9.57 Å². The molecule has 1 saturated heterocycles. The molecule has 0 amide bonds. The maximum atomic E-state index is 12.9. The van der Waals surface area contributed by atoms with Crippen LogP contribution < -0.4 is 9.47 Å². The Labute approximate surface area is 143 Å². The molecule has 1 heterocycles. The fourth-order valence-corrected chi connectivity index (χ4v) is 4.30. The second-order valence-corrected chi connectivity index (χ2v) is 7.66. The number of rotatable bonds is 6. The molecule has 1 aromatic rings. The highest BCUT2D eigenvalue weighted by molar-refractivity contribution is 7.89. The third-order valence-corrected chi connectivity index (χ3v) is 5.99. The normalized spacial score (nSPS) is 17.9. The zero-order valence-corrected chi connectivity index (χ0v) is 15.0. The fourth-order valence-electron chi connectivity index (χ4n) is 2.71. The average Bonchev–Trinajstić information content (AvgIpc) is 2.61. The first-order chi connectivity index (χ1) is 11.4. The van der Waals surface area contributed by atoms with Crippen LogP contribution in [0.2, 0.25) is 0 Å². The summed E-state index contributed by atoms with van der Waals surface area (Å²) < 4.78 is 37.7. The van der Waals surface area contributed by atoms with Crippen LogP contribution in [0, 0.1) is 17.2 Å². The first kappa shape index (κ1) is 18.5. The highest BCUT2D eigenvalue weighted by Gasteiger charge is 2.31. The van der Waals surface area contributed by atoms with E-state index in [4.69, 9.17) is 14.7 Å². The lowest BCUT2D eigenvalue weighted by Gasteiger charge is -2.34. The molecule has 0 bridgehead atoms. The van der Waals surface area contributed by atoms with E-state index in [1.807, 2.05) is 6.92 Å². The Morgan fingerprint density at radius 1 is 1.21 bits per heavy atom. The van der Waals surface area contributed by atoms with E-state index in [0.717, 1.165) is 0 Å². The second kappa shape index (κ2) is 7.83. The number of nitrogens with zero attached hydrogens (tertiary/aromatic N) is 3. The van der Waals surface area contributed by atoms with Gasteiger partial charge in [0.25, 0.3) is 0 Å². The lowest BCUT2D eigenvalue weighted by molar-refractivity contribution is 0.178. The maximum absolute atomic E-state index is 12.9. The van der Waals surface area contributed by atoms with E-state index in [2.05, 4.69) is 11.0 Å². The maximum Gasteiger partial charge on any atom is 0.246 e. The van der Waals surface area contributed by atoms with Crippen LogP contribution in [0.15, 0.2) is 23.1 Å². The summed E-state index contributed by atoms with van der Waals surface area (Å²) in [6.07, 6.45) is 0. The van der Waals surface area contributed by atoms with Crippen LogP contribution in [-0.4, -0.2) is 64.6 Å². The first-order valence-corrected chi connectivity index (χ1v) is 9.20. The van der Waals surface area contributed by atoms with Crippen molar-refractivity contribution in [1.82, 2.24) is 9.21 Å². The van der Waals surface area contributed by atoms with E-state index in [1.54, 1.807) is 12.1 Å². The zero-order chi connectivity index (χ0) is 17.7. The Morgan fingerprint density at radius 3 is 2.42 bits per heavy atom. The number of ether oxygens (including phenoxy) is 2. The summed E-state index contributed by atoms with van der Waals surface area (Å²) in [5, 5.41) is 8.89. The van der Waals surface area contributed by atoms with E-state index in [9.17, 15) is 8.42 Å². The molecule has 0 N–H and O–H groups in total. The molecular weight excluding hydrogens is 330 g/mol. The zero-order valence-electron chi connectivity index (χ0n) is 14.2. The van der Waals surface area contributed by atoms with Crippen LogP contribution in [0.1, 0.15) is 6.92 Å². The van der Waals surface area contributed by atoms with Crippen molar-refractivity contribution >= 4 is 10.0 Å². The molecule has 8 heteroatoms. The third-order valence-electron chi connectivity index (χ3n) is 4.07. The summed E-state index contributed by atoms with van der Waals surface area (Å²) >= 11 is 0. The molecule has 2 rings (SSSR count). The quantitative estimate of drug-likeness (QED) is 0.763. The monoisotopic (exact) mass is 353 g/mol. The number of nitriles is 1. The van der Waals surface area contributed by atoms with Crippen molar-refractivity contribution in [3.8, 4) is 17.6 Å². The molecule has 1 atom stereocenters. The van der Waals surface area contributed by atoms with Gasteiger partial charge in [0.05, 0.1) is 26.2 Å². The molecule has 1 aliphatic heterocycles. The van der Waals surface area contributed by atoms with Crippen LogP contribution >= 0.6 is 0 Å². The van der Waals surface area contributed by atoms with Crippen molar-refractivity contribution in [1.29, 1.82) is 5.26 Å². The first-order valence-electron chi connectivity index (χ1n) is 7.76. The molecule has 0 unspecified atom stereocenters. The summed E-state index contributed by atoms with van der Waals surface area (Å²) in [6, 6.07) is 6.95. The van der Waals surface area contributed by atoms with E-state index < -0.39 is 10.0 Å². The van der Waals surface area contributed by atoms with E-state index in [1.165, 1.54) is 24.6 Å². The molecule has 132 valence electrons. The summed E-state index contributed by atoms with van der Waals surface area (Å²) in [6.45, 7) is 4.52. The molecule has 0 spiro atoms. The Balaban J connectivity index is 2.16. The smallest absolute Gasteiger partial charge is 0.246 e. The number of benzene rings is 1. The number of piperazine rings is 1. The van der Waals surface area contributed by atoms with Crippen LogP contribution in [0.3, 0.4) is 0 Å². The van der Waals surface area contributed by atoms with Crippen LogP contribution in [0.5, 0.6) is 11.5 Å². The van der Waals surface area contributed by atoms with Crippen molar-refractivity contribution in [3.05, 3.63) is 18.2 Å². The predicted molar refractivity (Wildman–Crippen MR) is 89.5 cm³/mol. The Kier molecular flexibility index (Phi) is 6.04. The largest absolute Gasteiger partial charge is 0.497 e. The third kappa shape index (κ3) is 3.98. The van der Waals surface area contributed by atoms with Gasteiger partial charge in [-0.05, 0) is 19.1 Å². The molecule has 0 aliphatic carbocycles. The van der Waals surface area contributed by atoms with Crippen LogP contribution in [0.25, 0.3) is 0 Å². The standard InChI is InChI=1S/C16H23N3O4S/c1-13(11-17)12-18-6-8-19(9-7-18)24(20,21)16-10-14(22-2)4-5-15(16)23-3/h4-5,10,13H,6-9,12H2,1-3H3/t13-/m1/s1. The molecule has 1 aliphatic rings. The number of hydrogen-bond acceptors (Lipinski definition) is 6. The fraction of sp³-hybridized carbons (Fsp3) is 0.562. The van der Waals surface area contributed by atoms with Gasteiger partial charge in [-0.1, -0.05) is 0 Å². The van der Waals surface area contributed by atoms with Gasteiger partial charge in [0.2, 0.25) is 10.0 Å². The molecule has 1 aromatic carbocycles. The van der Waals surface area contributed by atoms with Gasteiger partial charge >= 0.3 is 0 Å². The van der Waals surface area contributed by atoms with Gasteiger partial charge in [-0.3, -0.25) is 4.90 Å². The minimum Gasteiger partial charge on any atom is -0.497 e. The van der Waals surface area contributed by atoms with E-state index >= 15 is 0 Å². The average molecular weight is 353 g/mol. The van der Waals surface area contributed by atoms with Crippen molar-refractivity contribution < 1.29 is 17.9 Å². The second-order valence-electron chi connectivity index (χ2n) is 5.75. The molecular formula is C16H23N3O4S. The number of sulfonamides is 1. The molecule has 0 aromatic heterocycles. The van der Waals surface area contributed by atoms with E-state index in [-0.39, 0.29) is 10.8 Å². The van der Waals surface area contributed by atoms with Gasteiger partial charge in [0.1, 0.15) is 16.4 Å². The summed E-state index contributed by atoms with van der Waals surface area (Å²) in [4.78, 5) is 2.23. The van der Waals surface area contributed by atoms with Gasteiger partial charge in [-0.15, -0.1) is 0 Å². The highest BCUT2D eigenvalue weighted by atomic mass is 32.2. The summed E-state index contributed by atoms with van der Waals surface area (Å²) in [7, 11) is -0.718. The van der Waals surface area contributed by atoms with Gasteiger partial charge in [0, 0.05) is 38.8 Å². The van der Waals surface area contributed by atoms with E-state index in [0.29, 0.717) is 44.2 Å². The number of methoxy groups -OCH3 is 2. The van der Waals surface area contributed by atoms with Crippen molar-refractivity contribution in [2.75, 3.05) is 46.9 Å². The van der Waals surface area contributed by atoms with Crippen LogP contribution in [-0.2, 0) is 10.0 Å². The topological polar surface area (TPSA) is 82.9 Å². The Morgan fingerprint density at radius 2 is 1.88 bits per heavy atom. The molecule has 24 heavy (non-hydrogen) atoms. The SMILES string of the molecule is COc1ccc(OC)c(S(=O)(=O)N2CCN(C[C@H](C)C#N)CC2)c1. The minimum atomic E-state index is -3.66. The van der Waals surface area contributed by atoms with Crippen LogP contribution in [0.4, 0.5) is 0 Å².